The molecule has 0 aliphatic heterocycles. The molecule has 0 fully saturated rings. The molecular weight excluding hydrogens is 230 g/mol. The first-order valence-corrected chi connectivity index (χ1v) is 5.41. The molecule has 0 saturated carbocycles. The lowest BCUT2D eigenvalue weighted by molar-refractivity contribution is 0.0996. The molecule has 3 heterocycles. The number of aromatic amines is 1. The second-order valence-electron chi connectivity index (χ2n) is 4.12. The number of nitrogens with two attached hydrogens (primary N) is 1. The van der Waals surface area contributed by atoms with Gasteiger partial charge in [-0.3, -0.25) is 9.89 Å². The molecule has 6 nitrogen and oxygen atoms in total. The fourth-order valence-electron chi connectivity index (χ4n) is 1.96. The monoisotopic (exact) mass is 241 g/mol. The molecule has 3 N–H and O–H groups in total. The molecule has 0 aliphatic rings. The van der Waals surface area contributed by atoms with E-state index in [9.17, 15) is 4.79 Å². The number of fused-ring (bicyclic) bond motifs is 1. The zero-order chi connectivity index (χ0) is 12.7. The van der Waals surface area contributed by atoms with Crippen molar-refractivity contribution in [3.8, 4) is 11.1 Å². The Morgan fingerprint density at radius 1 is 1.50 bits per heavy atom. The van der Waals surface area contributed by atoms with Gasteiger partial charge in [0.05, 0.1) is 6.20 Å². The highest BCUT2D eigenvalue weighted by molar-refractivity contribution is 5.99. The van der Waals surface area contributed by atoms with Gasteiger partial charge in [-0.25, -0.2) is 4.98 Å². The normalized spacial score (nSPS) is 10.9. The summed E-state index contributed by atoms with van der Waals surface area (Å²) in [5.41, 5.74) is 7.96. The van der Waals surface area contributed by atoms with Crippen LogP contribution in [0.25, 0.3) is 22.2 Å². The van der Waals surface area contributed by atoms with Gasteiger partial charge in [0, 0.05) is 30.4 Å². The lowest BCUT2D eigenvalue weighted by atomic mass is 10.1. The number of primary amides is 1. The summed E-state index contributed by atoms with van der Waals surface area (Å²) < 4.78 is 1.94. The van der Waals surface area contributed by atoms with E-state index in [1.165, 1.54) is 0 Å². The van der Waals surface area contributed by atoms with Gasteiger partial charge in [-0.15, -0.1) is 0 Å². The second-order valence-corrected chi connectivity index (χ2v) is 4.12. The predicted octanol–water partition coefficient (Wildman–Crippen LogP) is 1.06. The van der Waals surface area contributed by atoms with Crippen molar-refractivity contribution in [1.82, 2.24) is 19.7 Å². The fraction of sp³-hybridized carbons (Fsp3) is 0.0833. The minimum Gasteiger partial charge on any atom is -0.364 e. The number of hydrogen-bond donors (Lipinski definition) is 2. The number of hydrogen-bond acceptors (Lipinski definition) is 3. The van der Waals surface area contributed by atoms with E-state index in [4.69, 9.17) is 5.73 Å². The topological polar surface area (TPSA) is 89.6 Å². The van der Waals surface area contributed by atoms with Crippen LogP contribution in [0.15, 0.2) is 30.7 Å². The van der Waals surface area contributed by atoms with E-state index >= 15 is 0 Å². The minimum atomic E-state index is -0.552. The maximum atomic E-state index is 11.3. The summed E-state index contributed by atoms with van der Waals surface area (Å²) in [5.74, 6) is -0.552. The van der Waals surface area contributed by atoms with E-state index in [2.05, 4.69) is 15.2 Å². The Labute approximate surface area is 102 Å². The first-order valence-electron chi connectivity index (χ1n) is 5.41. The molecular formula is C12H11N5O. The van der Waals surface area contributed by atoms with Crippen LogP contribution < -0.4 is 5.73 Å². The molecule has 0 atom stereocenters. The molecule has 90 valence electrons. The van der Waals surface area contributed by atoms with Crippen LogP contribution in [0.1, 0.15) is 10.5 Å². The summed E-state index contributed by atoms with van der Waals surface area (Å²) in [6.07, 6.45) is 5.59. The Morgan fingerprint density at radius 3 is 3.00 bits per heavy atom. The maximum Gasteiger partial charge on any atom is 0.267 e. The summed E-state index contributed by atoms with van der Waals surface area (Å²) in [6.45, 7) is 0. The number of amides is 1. The minimum absolute atomic E-state index is 0.227. The quantitative estimate of drug-likeness (QED) is 0.703. The van der Waals surface area contributed by atoms with Gasteiger partial charge >= 0.3 is 0 Å². The van der Waals surface area contributed by atoms with Gasteiger partial charge in [0.1, 0.15) is 5.69 Å². The largest absolute Gasteiger partial charge is 0.364 e. The number of nitrogens with one attached hydrogen (secondary N) is 1. The number of aryl methyl sites for hydroxylation is 1. The van der Waals surface area contributed by atoms with Crippen molar-refractivity contribution >= 4 is 16.9 Å². The SMILES string of the molecule is Cn1ccc(-c2cc(C(N)=O)nc3[nH]ncc23)c1. The first-order chi connectivity index (χ1) is 8.65. The van der Waals surface area contributed by atoms with E-state index in [0.717, 1.165) is 16.5 Å². The van der Waals surface area contributed by atoms with Gasteiger partial charge in [0.2, 0.25) is 0 Å². The summed E-state index contributed by atoms with van der Waals surface area (Å²) in [7, 11) is 1.94. The van der Waals surface area contributed by atoms with Crippen LogP contribution in [-0.2, 0) is 7.05 Å². The van der Waals surface area contributed by atoms with E-state index < -0.39 is 5.91 Å². The van der Waals surface area contributed by atoms with Crippen molar-refractivity contribution in [1.29, 1.82) is 0 Å². The molecule has 3 aromatic rings. The molecule has 1 amide bonds. The molecule has 3 aromatic heterocycles. The average Bonchev–Trinajstić information content (AvgIpc) is 2.95. The van der Waals surface area contributed by atoms with Crippen molar-refractivity contribution < 1.29 is 4.79 Å². The van der Waals surface area contributed by atoms with Gasteiger partial charge in [0.15, 0.2) is 5.65 Å². The van der Waals surface area contributed by atoms with Crippen LogP contribution >= 0.6 is 0 Å². The number of carbonyl (C=O) groups is 1. The van der Waals surface area contributed by atoms with Crippen LogP contribution in [-0.4, -0.2) is 25.7 Å². The Bertz CT molecular complexity index is 740. The summed E-state index contributed by atoms with van der Waals surface area (Å²) in [4.78, 5) is 15.4. The van der Waals surface area contributed by atoms with Crippen molar-refractivity contribution in [2.45, 2.75) is 0 Å². The molecule has 18 heavy (non-hydrogen) atoms. The van der Waals surface area contributed by atoms with Gasteiger partial charge < -0.3 is 10.3 Å². The third-order valence-electron chi connectivity index (χ3n) is 2.82. The highest BCUT2D eigenvalue weighted by atomic mass is 16.1. The zero-order valence-corrected chi connectivity index (χ0v) is 9.71. The molecule has 0 aliphatic carbocycles. The van der Waals surface area contributed by atoms with E-state index in [0.29, 0.717) is 5.65 Å². The average molecular weight is 241 g/mol. The van der Waals surface area contributed by atoms with Crippen LogP contribution in [0.3, 0.4) is 0 Å². The van der Waals surface area contributed by atoms with Crippen LogP contribution in [0.2, 0.25) is 0 Å². The van der Waals surface area contributed by atoms with Crippen molar-refractivity contribution in [2.75, 3.05) is 0 Å². The standard InChI is InChI=1S/C12H11N5O/c1-17-3-2-7(6-17)8-4-10(11(13)18)15-12-9(8)5-14-16-12/h2-6H,1H3,(H2,13,18)(H,14,15,16). The molecule has 0 aromatic carbocycles. The Hall–Kier alpha value is -2.63. The number of aromatic nitrogens is 4. The van der Waals surface area contributed by atoms with E-state index in [1.807, 2.05) is 30.1 Å². The summed E-state index contributed by atoms with van der Waals surface area (Å²) >= 11 is 0. The van der Waals surface area contributed by atoms with Gasteiger partial charge in [-0.05, 0) is 17.7 Å². The first kappa shape index (κ1) is 10.5. The Kier molecular flexibility index (Phi) is 2.16. The van der Waals surface area contributed by atoms with Crippen molar-refractivity contribution in [3.05, 3.63) is 36.4 Å². The molecule has 0 unspecified atom stereocenters. The summed E-state index contributed by atoms with van der Waals surface area (Å²) in [5, 5.41) is 7.57. The lowest BCUT2D eigenvalue weighted by Gasteiger charge is -2.02. The van der Waals surface area contributed by atoms with Gasteiger partial charge in [0.25, 0.3) is 5.91 Å². The lowest BCUT2D eigenvalue weighted by Crippen LogP contribution is -2.13. The number of nitrogens with zero attached hydrogens (tertiary/aromatic N) is 3. The number of rotatable bonds is 2. The zero-order valence-electron chi connectivity index (χ0n) is 9.71. The molecule has 3 rings (SSSR count). The van der Waals surface area contributed by atoms with Gasteiger partial charge in [-0.1, -0.05) is 0 Å². The molecule has 0 spiro atoms. The number of H-pyrrole nitrogens is 1. The van der Waals surface area contributed by atoms with E-state index in [-0.39, 0.29) is 5.69 Å². The smallest absolute Gasteiger partial charge is 0.267 e. The third-order valence-corrected chi connectivity index (χ3v) is 2.82. The highest BCUT2D eigenvalue weighted by Crippen LogP contribution is 2.27. The molecule has 6 heteroatoms. The Morgan fingerprint density at radius 2 is 2.33 bits per heavy atom. The van der Waals surface area contributed by atoms with Gasteiger partial charge in [-0.2, -0.15) is 5.10 Å². The molecule has 0 saturated heterocycles. The number of pyridine rings is 1. The van der Waals surface area contributed by atoms with Crippen LogP contribution in [0.4, 0.5) is 0 Å². The molecule has 0 radical (unpaired) electrons. The van der Waals surface area contributed by atoms with Crippen molar-refractivity contribution in [3.63, 3.8) is 0 Å². The number of carbonyl (C=O) groups excluding carboxylic acids is 1. The summed E-state index contributed by atoms with van der Waals surface area (Å²) in [6, 6.07) is 3.65. The maximum absolute atomic E-state index is 11.3. The fourth-order valence-corrected chi connectivity index (χ4v) is 1.96. The van der Waals surface area contributed by atoms with Crippen LogP contribution in [0.5, 0.6) is 0 Å². The second kappa shape index (κ2) is 3.69. The van der Waals surface area contributed by atoms with Crippen LogP contribution in [0, 0.1) is 0 Å². The predicted molar refractivity (Wildman–Crippen MR) is 66.8 cm³/mol. The van der Waals surface area contributed by atoms with Crippen molar-refractivity contribution in [2.24, 2.45) is 12.8 Å². The highest BCUT2D eigenvalue weighted by Gasteiger charge is 2.12. The molecule has 0 bridgehead atoms. The Balaban J connectivity index is 2.32. The third kappa shape index (κ3) is 1.55. The van der Waals surface area contributed by atoms with E-state index in [1.54, 1.807) is 12.3 Å².